The number of sulfonamides is 1. The summed E-state index contributed by atoms with van der Waals surface area (Å²) in [6, 6.07) is 18.4. The summed E-state index contributed by atoms with van der Waals surface area (Å²) in [6.07, 6.45) is 2.70. The van der Waals surface area contributed by atoms with E-state index in [2.05, 4.69) is 5.32 Å². The second-order valence-corrected chi connectivity index (χ2v) is 8.22. The fraction of sp³-hybridized carbons (Fsp3) is 0.300. The van der Waals surface area contributed by atoms with Crippen molar-refractivity contribution < 1.29 is 13.2 Å². The number of hydrogen-bond acceptors (Lipinski definition) is 4. The van der Waals surface area contributed by atoms with Gasteiger partial charge >= 0.3 is 0 Å². The van der Waals surface area contributed by atoms with E-state index in [1.165, 1.54) is 4.31 Å². The molecule has 1 amide bonds. The second-order valence-electron chi connectivity index (χ2n) is 6.24. The minimum absolute atomic E-state index is 0.0679. The number of amides is 1. The summed E-state index contributed by atoms with van der Waals surface area (Å²) in [5.74, 6) is -0.267. The molecule has 0 aliphatic carbocycles. The first kappa shape index (κ1) is 20.6. The molecule has 0 spiro atoms. The van der Waals surface area contributed by atoms with Crippen LogP contribution in [-0.4, -0.2) is 38.0 Å². The van der Waals surface area contributed by atoms with Crippen LogP contribution in [0.1, 0.15) is 24.0 Å². The predicted molar refractivity (Wildman–Crippen MR) is 106 cm³/mol. The van der Waals surface area contributed by atoms with Crippen LogP contribution in [0.5, 0.6) is 0 Å². The molecule has 0 aromatic heterocycles. The Bertz CT molecular complexity index is 888. The Hall–Kier alpha value is -2.69. The third-order valence-electron chi connectivity index (χ3n) is 4.07. The van der Waals surface area contributed by atoms with Gasteiger partial charge in [0.2, 0.25) is 15.9 Å². The molecule has 0 atom stereocenters. The number of hydrogen-bond donors (Lipinski definition) is 1. The van der Waals surface area contributed by atoms with Gasteiger partial charge in [-0.15, -0.1) is 0 Å². The van der Waals surface area contributed by atoms with Gasteiger partial charge in [-0.25, -0.2) is 12.7 Å². The van der Waals surface area contributed by atoms with Crippen LogP contribution in [0.15, 0.2) is 54.6 Å². The first-order chi connectivity index (χ1) is 12.9. The van der Waals surface area contributed by atoms with Crippen LogP contribution >= 0.6 is 0 Å². The van der Waals surface area contributed by atoms with Crippen LogP contribution in [0.2, 0.25) is 0 Å². The van der Waals surface area contributed by atoms with Crippen molar-refractivity contribution in [3.05, 3.63) is 65.7 Å². The lowest BCUT2D eigenvalue weighted by Crippen LogP contribution is -2.34. The van der Waals surface area contributed by atoms with E-state index in [0.29, 0.717) is 24.2 Å². The summed E-state index contributed by atoms with van der Waals surface area (Å²) >= 11 is 0. The van der Waals surface area contributed by atoms with Gasteiger partial charge in [0.05, 0.1) is 17.9 Å². The van der Waals surface area contributed by atoms with Crippen LogP contribution in [0, 0.1) is 11.3 Å². The third kappa shape index (κ3) is 7.21. The smallest absolute Gasteiger partial charge is 0.225 e. The number of nitrogens with one attached hydrogen (secondary N) is 1. The Balaban J connectivity index is 1.84. The molecular formula is C20H23N3O3S. The largest absolute Gasteiger partial charge is 0.326 e. The Labute approximate surface area is 160 Å². The van der Waals surface area contributed by atoms with E-state index in [-0.39, 0.29) is 18.9 Å². The lowest BCUT2D eigenvalue weighted by molar-refractivity contribution is -0.116. The molecule has 0 fully saturated rings. The number of anilines is 1. The molecule has 0 bridgehead atoms. The minimum Gasteiger partial charge on any atom is -0.326 e. The molecule has 0 saturated heterocycles. The summed E-state index contributed by atoms with van der Waals surface area (Å²) in [7, 11) is -3.38. The zero-order chi connectivity index (χ0) is 19.7. The number of rotatable bonds is 9. The van der Waals surface area contributed by atoms with E-state index in [0.717, 1.165) is 18.2 Å². The maximum absolute atomic E-state index is 12.1. The highest BCUT2D eigenvalue weighted by atomic mass is 32.2. The van der Waals surface area contributed by atoms with Gasteiger partial charge in [-0.1, -0.05) is 30.3 Å². The van der Waals surface area contributed by atoms with Gasteiger partial charge in [0, 0.05) is 25.2 Å². The van der Waals surface area contributed by atoms with Crippen molar-refractivity contribution >= 4 is 21.6 Å². The molecule has 1 N–H and O–H groups in total. The van der Waals surface area contributed by atoms with E-state index in [4.69, 9.17) is 5.26 Å². The lowest BCUT2D eigenvalue weighted by Gasteiger charge is -2.19. The topological polar surface area (TPSA) is 90.3 Å². The minimum atomic E-state index is -3.38. The standard InChI is InChI=1S/C20H23N3O3S/c1-27(25,26)23(14-5-8-17-6-3-2-4-7-17)15-13-20(24)22-19-11-9-18(16-21)10-12-19/h2-4,6-7,9-12H,5,8,13-15H2,1H3,(H,22,24). The molecule has 0 aliphatic rings. The Morgan fingerprint density at radius 3 is 2.33 bits per heavy atom. The van der Waals surface area contributed by atoms with Gasteiger partial charge in [-0.3, -0.25) is 4.79 Å². The molecule has 27 heavy (non-hydrogen) atoms. The fourth-order valence-electron chi connectivity index (χ4n) is 2.63. The highest BCUT2D eigenvalue weighted by Crippen LogP contribution is 2.10. The number of carbonyl (C=O) groups is 1. The Morgan fingerprint density at radius 1 is 1.07 bits per heavy atom. The SMILES string of the molecule is CS(=O)(=O)N(CCCc1ccccc1)CCC(=O)Nc1ccc(C#N)cc1. The number of aryl methyl sites for hydroxylation is 1. The van der Waals surface area contributed by atoms with Crippen LogP contribution in [-0.2, 0) is 21.2 Å². The highest BCUT2D eigenvalue weighted by Gasteiger charge is 2.17. The maximum Gasteiger partial charge on any atom is 0.225 e. The van der Waals surface area contributed by atoms with E-state index >= 15 is 0 Å². The van der Waals surface area contributed by atoms with Gasteiger partial charge in [-0.2, -0.15) is 5.26 Å². The van der Waals surface area contributed by atoms with Crippen LogP contribution < -0.4 is 5.32 Å². The molecule has 0 radical (unpaired) electrons. The van der Waals surface area contributed by atoms with Crippen LogP contribution in [0.4, 0.5) is 5.69 Å². The summed E-state index contributed by atoms with van der Waals surface area (Å²) in [5, 5.41) is 11.5. The van der Waals surface area contributed by atoms with E-state index in [9.17, 15) is 13.2 Å². The van der Waals surface area contributed by atoms with Crippen molar-refractivity contribution in [3.8, 4) is 6.07 Å². The molecule has 142 valence electrons. The summed E-state index contributed by atoms with van der Waals surface area (Å²) in [4.78, 5) is 12.1. The van der Waals surface area contributed by atoms with Crippen LogP contribution in [0.3, 0.4) is 0 Å². The zero-order valence-corrected chi connectivity index (χ0v) is 16.1. The fourth-order valence-corrected chi connectivity index (χ4v) is 3.51. The number of carbonyl (C=O) groups excluding carboxylic acids is 1. The van der Waals surface area contributed by atoms with E-state index < -0.39 is 10.0 Å². The average molecular weight is 385 g/mol. The predicted octanol–water partition coefficient (Wildman–Crippen LogP) is 2.78. The molecule has 7 heteroatoms. The second kappa shape index (κ2) is 9.86. The van der Waals surface area contributed by atoms with Gasteiger partial charge in [-0.05, 0) is 42.7 Å². The molecule has 2 aromatic carbocycles. The van der Waals surface area contributed by atoms with Crippen molar-refractivity contribution in [2.45, 2.75) is 19.3 Å². The first-order valence-electron chi connectivity index (χ1n) is 8.67. The van der Waals surface area contributed by atoms with Crippen molar-refractivity contribution in [3.63, 3.8) is 0 Å². The van der Waals surface area contributed by atoms with E-state index in [1.807, 2.05) is 36.4 Å². The van der Waals surface area contributed by atoms with Gasteiger partial charge in [0.15, 0.2) is 0 Å². The molecule has 0 saturated carbocycles. The monoisotopic (exact) mass is 385 g/mol. The van der Waals surface area contributed by atoms with Crippen LogP contribution in [0.25, 0.3) is 0 Å². The summed E-state index contributed by atoms with van der Waals surface area (Å²) in [6.45, 7) is 0.508. The quantitative estimate of drug-likeness (QED) is 0.719. The van der Waals surface area contributed by atoms with Crippen molar-refractivity contribution in [2.75, 3.05) is 24.7 Å². The molecule has 6 nitrogen and oxygen atoms in total. The number of benzene rings is 2. The maximum atomic E-state index is 12.1. The molecular weight excluding hydrogens is 362 g/mol. The van der Waals surface area contributed by atoms with Gasteiger partial charge in [0.25, 0.3) is 0 Å². The third-order valence-corrected chi connectivity index (χ3v) is 5.37. The van der Waals surface area contributed by atoms with Crippen molar-refractivity contribution in [1.29, 1.82) is 5.26 Å². The zero-order valence-electron chi connectivity index (χ0n) is 15.3. The Kier molecular flexibility index (Phi) is 7.53. The molecule has 2 rings (SSSR count). The van der Waals surface area contributed by atoms with E-state index in [1.54, 1.807) is 24.3 Å². The summed E-state index contributed by atoms with van der Waals surface area (Å²) < 4.78 is 25.3. The number of nitrogens with zero attached hydrogens (tertiary/aromatic N) is 2. The Morgan fingerprint density at radius 2 is 1.74 bits per heavy atom. The summed E-state index contributed by atoms with van der Waals surface area (Å²) in [5.41, 5.74) is 2.24. The van der Waals surface area contributed by atoms with Crippen molar-refractivity contribution in [2.24, 2.45) is 0 Å². The average Bonchev–Trinajstić information content (AvgIpc) is 2.65. The molecule has 2 aromatic rings. The first-order valence-corrected chi connectivity index (χ1v) is 10.5. The van der Waals surface area contributed by atoms with Gasteiger partial charge < -0.3 is 5.32 Å². The number of nitriles is 1. The molecule has 0 unspecified atom stereocenters. The molecule has 0 heterocycles. The highest BCUT2D eigenvalue weighted by molar-refractivity contribution is 7.88. The molecule has 0 aliphatic heterocycles. The van der Waals surface area contributed by atoms with Gasteiger partial charge in [0.1, 0.15) is 0 Å². The van der Waals surface area contributed by atoms with Crippen molar-refractivity contribution in [1.82, 2.24) is 4.31 Å². The lowest BCUT2D eigenvalue weighted by atomic mass is 10.1. The normalized spacial score (nSPS) is 11.1.